The molecule has 5 heteroatoms. The van der Waals surface area contributed by atoms with E-state index in [-0.39, 0.29) is 5.56 Å². The largest absolute Gasteiger partial charge is 0.307 e. The highest BCUT2D eigenvalue weighted by Gasteiger charge is 2.04. The van der Waals surface area contributed by atoms with E-state index in [9.17, 15) is 4.79 Å². The number of hydrogen-bond acceptors (Lipinski definition) is 3. The minimum Gasteiger partial charge on any atom is -0.307 e. The quantitative estimate of drug-likeness (QED) is 0.607. The van der Waals surface area contributed by atoms with Gasteiger partial charge in [-0.25, -0.2) is 0 Å². The third kappa shape index (κ3) is 1.17. The van der Waals surface area contributed by atoms with E-state index < -0.39 is 0 Å². The predicted molar refractivity (Wildman–Crippen MR) is 64.2 cm³/mol. The van der Waals surface area contributed by atoms with Crippen LogP contribution >= 0.6 is 23.6 Å². The van der Waals surface area contributed by atoms with Crippen LogP contribution in [-0.4, -0.2) is 9.38 Å². The maximum atomic E-state index is 11.7. The van der Waals surface area contributed by atoms with E-state index in [0.717, 1.165) is 15.1 Å². The van der Waals surface area contributed by atoms with Crippen LogP contribution in [0.5, 0.6) is 0 Å². The molecule has 0 atom stereocenters. The van der Waals surface area contributed by atoms with Gasteiger partial charge in [0.2, 0.25) is 0 Å². The lowest BCUT2D eigenvalue weighted by atomic mass is 10.2. The number of H-pyrrole nitrogens is 1. The fraction of sp³-hybridized carbons (Fsp3) is 0. The molecule has 0 aliphatic rings. The lowest BCUT2D eigenvalue weighted by Gasteiger charge is -2.00. The number of para-hydroxylation sites is 1. The van der Waals surface area contributed by atoms with E-state index in [1.165, 1.54) is 11.3 Å². The summed E-state index contributed by atoms with van der Waals surface area (Å²) in [6.45, 7) is 0. The van der Waals surface area contributed by atoms with Crippen molar-refractivity contribution in [1.29, 1.82) is 0 Å². The standard InChI is InChI=1S/C10H6N2OS2/c13-9-6-3-1-2-4-7(6)12-8(11-9)5-15-10(12)14/h1-5H,(H,11,13). The normalized spacial score (nSPS) is 11.2. The van der Waals surface area contributed by atoms with Crippen LogP contribution in [-0.2, 0) is 0 Å². The number of fused-ring (bicyclic) bond motifs is 3. The summed E-state index contributed by atoms with van der Waals surface area (Å²) >= 11 is 6.67. The number of benzene rings is 1. The molecule has 0 saturated carbocycles. The summed E-state index contributed by atoms with van der Waals surface area (Å²) in [5.41, 5.74) is 1.55. The lowest BCUT2D eigenvalue weighted by Crippen LogP contribution is -2.08. The van der Waals surface area contributed by atoms with Crippen LogP contribution in [0.4, 0.5) is 0 Å². The Morgan fingerprint density at radius 2 is 2.13 bits per heavy atom. The molecule has 0 spiro atoms. The van der Waals surface area contributed by atoms with Gasteiger partial charge in [0.05, 0.1) is 10.9 Å². The molecule has 0 saturated heterocycles. The monoisotopic (exact) mass is 234 g/mol. The van der Waals surface area contributed by atoms with Gasteiger partial charge in [0, 0.05) is 5.38 Å². The molecule has 0 aliphatic heterocycles. The lowest BCUT2D eigenvalue weighted by molar-refractivity contribution is 1.16. The van der Waals surface area contributed by atoms with Crippen LogP contribution in [0.25, 0.3) is 16.6 Å². The topological polar surface area (TPSA) is 37.3 Å². The zero-order chi connectivity index (χ0) is 10.4. The molecule has 0 unspecified atom stereocenters. The van der Waals surface area contributed by atoms with Gasteiger partial charge < -0.3 is 4.98 Å². The molecule has 3 rings (SSSR count). The van der Waals surface area contributed by atoms with Crippen LogP contribution in [0.15, 0.2) is 34.4 Å². The summed E-state index contributed by atoms with van der Waals surface area (Å²) < 4.78 is 2.63. The van der Waals surface area contributed by atoms with E-state index >= 15 is 0 Å². The summed E-state index contributed by atoms with van der Waals surface area (Å²) in [4.78, 5) is 14.5. The molecule has 0 bridgehead atoms. The molecule has 0 aliphatic carbocycles. The van der Waals surface area contributed by atoms with Crippen molar-refractivity contribution < 1.29 is 0 Å². The number of nitrogens with one attached hydrogen (secondary N) is 1. The molecule has 2 aromatic heterocycles. The van der Waals surface area contributed by atoms with E-state index in [1.54, 1.807) is 6.07 Å². The molecule has 3 aromatic rings. The molecule has 74 valence electrons. The summed E-state index contributed by atoms with van der Waals surface area (Å²) in [6.07, 6.45) is 0. The molecular weight excluding hydrogens is 228 g/mol. The zero-order valence-electron chi connectivity index (χ0n) is 7.56. The van der Waals surface area contributed by atoms with Crippen molar-refractivity contribution in [2.45, 2.75) is 0 Å². The third-order valence-electron chi connectivity index (χ3n) is 2.33. The minimum atomic E-state index is -0.0709. The van der Waals surface area contributed by atoms with Gasteiger partial charge >= 0.3 is 0 Å². The van der Waals surface area contributed by atoms with Crippen molar-refractivity contribution in [3.8, 4) is 0 Å². The molecule has 1 aromatic carbocycles. The fourth-order valence-electron chi connectivity index (χ4n) is 1.67. The Kier molecular flexibility index (Phi) is 1.77. The first-order chi connectivity index (χ1) is 7.27. The van der Waals surface area contributed by atoms with E-state index in [2.05, 4.69) is 4.98 Å². The maximum absolute atomic E-state index is 11.7. The zero-order valence-corrected chi connectivity index (χ0v) is 9.19. The highest BCUT2D eigenvalue weighted by atomic mass is 32.1. The maximum Gasteiger partial charge on any atom is 0.258 e. The van der Waals surface area contributed by atoms with Gasteiger partial charge in [0.1, 0.15) is 5.65 Å². The van der Waals surface area contributed by atoms with Gasteiger partial charge in [-0.1, -0.05) is 12.1 Å². The Morgan fingerprint density at radius 3 is 3.00 bits per heavy atom. The van der Waals surface area contributed by atoms with E-state index in [1.807, 2.05) is 28.0 Å². The number of hydrogen-bond donors (Lipinski definition) is 1. The SMILES string of the molecule is O=c1[nH]c2csc(=S)n2c2ccccc12. The van der Waals surface area contributed by atoms with Gasteiger partial charge in [-0.15, -0.1) is 11.3 Å². The number of aromatic nitrogens is 2. The smallest absolute Gasteiger partial charge is 0.258 e. The molecule has 15 heavy (non-hydrogen) atoms. The number of rotatable bonds is 0. The van der Waals surface area contributed by atoms with E-state index in [0.29, 0.717) is 5.39 Å². The van der Waals surface area contributed by atoms with Gasteiger partial charge in [-0.3, -0.25) is 9.20 Å². The Labute approximate surface area is 93.6 Å². The summed E-state index contributed by atoms with van der Waals surface area (Å²) in [5.74, 6) is 0. The van der Waals surface area contributed by atoms with Gasteiger partial charge in [0.15, 0.2) is 3.95 Å². The van der Waals surface area contributed by atoms with Crippen LogP contribution in [0, 0.1) is 3.95 Å². The molecule has 2 heterocycles. The number of thiazole rings is 1. The average Bonchev–Trinajstić information content (AvgIpc) is 2.61. The van der Waals surface area contributed by atoms with Crippen LogP contribution in [0.1, 0.15) is 0 Å². The Bertz CT molecular complexity index is 766. The Hall–Kier alpha value is -1.46. The number of aromatic amines is 1. The van der Waals surface area contributed by atoms with Crippen molar-refractivity contribution in [2.75, 3.05) is 0 Å². The highest BCUT2D eigenvalue weighted by molar-refractivity contribution is 7.73. The van der Waals surface area contributed by atoms with Crippen molar-refractivity contribution in [1.82, 2.24) is 9.38 Å². The van der Waals surface area contributed by atoms with Gasteiger partial charge in [-0.2, -0.15) is 0 Å². The second-order valence-electron chi connectivity index (χ2n) is 3.19. The van der Waals surface area contributed by atoms with Crippen LogP contribution in [0.2, 0.25) is 0 Å². The summed E-state index contributed by atoms with van der Waals surface area (Å²) in [5, 5.41) is 2.52. The van der Waals surface area contributed by atoms with Gasteiger partial charge in [0.25, 0.3) is 5.56 Å². The Morgan fingerprint density at radius 1 is 1.33 bits per heavy atom. The first-order valence-corrected chi connectivity index (χ1v) is 5.67. The Balaban J connectivity index is 2.80. The van der Waals surface area contributed by atoms with Crippen molar-refractivity contribution >= 4 is 40.1 Å². The van der Waals surface area contributed by atoms with Crippen LogP contribution in [0.3, 0.4) is 0 Å². The van der Waals surface area contributed by atoms with Gasteiger partial charge in [-0.05, 0) is 24.4 Å². The molecule has 3 nitrogen and oxygen atoms in total. The van der Waals surface area contributed by atoms with Crippen molar-refractivity contribution in [2.24, 2.45) is 0 Å². The number of nitrogens with zero attached hydrogens (tertiary/aromatic N) is 1. The fourth-order valence-corrected chi connectivity index (χ4v) is 2.69. The first-order valence-electron chi connectivity index (χ1n) is 4.38. The highest BCUT2D eigenvalue weighted by Crippen LogP contribution is 2.15. The van der Waals surface area contributed by atoms with Crippen LogP contribution < -0.4 is 5.56 Å². The molecule has 0 fully saturated rings. The average molecular weight is 234 g/mol. The first kappa shape index (κ1) is 8.82. The second kappa shape index (κ2) is 3.01. The molecule has 0 amide bonds. The predicted octanol–water partition coefficient (Wildman–Crippen LogP) is 2.57. The van der Waals surface area contributed by atoms with E-state index in [4.69, 9.17) is 12.2 Å². The molecular formula is C10H6N2OS2. The minimum absolute atomic E-state index is 0.0709. The van der Waals surface area contributed by atoms with Crippen molar-refractivity contribution in [3.05, 3.63) is 44.0 Å². The summed E-state index contributed by atoms with van der Waals surface area (Å²) in [7, 11) is 0. The second-order valence-corrected chi connectivity index (χ2v) is 4.70. The third-order valence-corrected chi connectivity index (χ3v) is 3.52. The molecule has 0 radical (unpaired) electrons. The summed E-state index contributed by atoms with van der Waals surface area (Å²) in [6, 6.07) is 7.45. The molecule has 1 N–H and O–H groups in total. The van der Waals surface area contributed by atoms with Crippen molar-refractivity contribution in [3.63, 3.8) is 0 Å².